The average molecular weight is 231 g/mol. The van der Waals surface area contributed by atoms with Gasteiger partial charge in [-0.05, 0) is 25.3 Å². The number of carbonyl (C=O) groups is 1. The summed E-state index contributed by atoms with van der Waals surface area (Å²) >= 11 is 0. The van der Waals surface area contributed by atoms with E-state index in [1.165, 1.54) is 18.4 Å². The van der Waals surface area contributed by atoms with Gasteiger partial charge in [-0.1, -0.05) is 43.2 Å². The van der Waals surface area contributed by atoms with E-state index < -0.39 is 0 Å². The molecule has 1 amide bonds. The van der Waals surface area contributed by atoms with E-state index in [1.807, 2.05) is 30.1 Å². The van der Waals surface area contributed by atoms with Crippen LogP contribution in [0.2, 0.25) is 0 Å². The van der Waals surface area contributed by atoms with Gasteiger partial charge < -0.3 is 4.90 Å². The highest BCUT2D eigenvalue weighted by Crippen LogP contribution is 2.29. The molecule has 2 rings (SSSR count). The van der Waals surface area contributed by atoms with E-state index >= 15 is 0 Å². The fraction of sp³-hybridized carbons (Fsp3) is 0.533. The number of hydrogen-bond donors (Lipinski definition) is 0. The van der Waals surface area contributed by atoms with Crippen LogP contribution in [0.1, 0.15) is 44.2 Å². The molecule has 92 valence electrons. The molecule has 0 N–H and O–H groups in total. The van der Waals surface area contributed by atoms with Crippen LogP contribution < -0.4 is 0 Å². The third-order valence-corrected chi connectivity index (χ3v) is 3.91. The van der Waals surface area contributed by atoms with Crippen molar-refractivity contribution in [2.24, 2.45) is 5.92 Å². The summed E-state index contributed by atoms with van der Waals surface area (Å²) in [7, 11) is 1.93. The van der Waals surface area contributed by atoms with E-state index in [1.54, 1.807) is 0 Å². The van der Waals surface area contributed by atoms with E-state index in [-0.39, 0.29) is 12.0 Å². The van der Waals surface area contributed by atoms with Gasteiger partial charge in [-0.3, -0.25) is 4.79 Å². The van der Waals surface area contributed by atoms with E-state index in [9.17, 15) is 4.79 Å². The lowest BCUT2D eigenvalue weighted by atomic mass is 10.0. The Labute approximate surface area is 104 Å². The molecule has 0 aromatic heterocycles. The number of hydrogen-bond acceptors (Lipinski definition) is 1. The molecule has 0 spiro atoms. The van der Waals surface area contributed by atoms with Crippen LogP contribution in [-0.4, -0.2) is 17.9 Å². The van der Waals surface area contributed by atoms with Crippen LogP contribution in [0.25, 0.3) is 0 Å². The van der Waals surface area contributed by atoms with Gasteiger partial charge in [0.1, 0.15) is 0 Å². The Morgan fingerprint density at radius 1 is 1.24 bits per heavy atom. The molecule has 17 heavy (non-hydrogen) atoms. The van der Waals surface area contributed by atoms with Crippen LogP contribution in [0.3, 0.4) is 0 Å². The fourth-order valence-electron chi connectivity index (χ4n) is 2.61. The maximum absolute atomic E-state index is 12.3. The van der Waals surface area contributed by atoms with Gasteiger partial charge in [0, 0.05) is 13.0 Å². The number of benzene rings is 1. The molecule has 0 bridgehead atoms. The van der Waals surface area contributed by atoms with Gasteiger partial charge in [0.2, 0.25) is 5.91 Å². The lowest BCUT2D eigenvalue weighted by molar-refractivity contribution is -0.135. The van der Waals surface area contributed by atoms with Crippen molar-refractivity contribution in [3.8, 4) is 0 Å². The molecule has 2 heteroatoms. The van der Waals surface area contributed by atoms with Gasteiger partial charge in [-0.2, -0.15) is 0 Å². The Hall–Kier alpha value is -1.31. The normalized spacial score (nSPS) is 18.0. The van der Waals surface area contributed by atoms with Crippen LogP contribution >= 0.6 is 0 Å². The fourth-order valence-corrected chi connectivity index (χ4v) is 2.61. The highest BCUT2D eigenvalue weighted by Gasteiger charge is 2.27. The molecular formula is C15H21NO. The molecule has 1 fully saturated rings. The summed E-state index contributed by atoms with van der Waals surface area (Å²) in [5, 5.41) is 0. The molecule has 1 aromatic carbocycles. The predicted molar refractivity (Wildman–Crippen MR) is 69.6 cm³/mol. The summed E-state index contributed by atoms with van der Waals surface area (Å²) in [5.74, 6) is 0.588. The van der Waals surface area contributed by atoms with Gasteiger partial charge >= 0.3 is 0 Å². The molecule has 0 heterocycles. The van der Waals surface area contributed by atoms with Crippen LogP contribution in [0.5, 0.6) is 0 Å². The summed E-state index contributed by atoms with van der Waals surface area (Å²) in [6.07, 6.45) is 4.57. The van der Waals surface area contributed by atoms with Crippen LogP contribution in [0.15, 0.2) is 30.3 Å². The van der Waals surface area contributed by atoms with Gasteiger partial charge in [0.05, 0.1) is 6.04 Å². The van der Waals surface area contributed by atoms with Crippen LogP contribution in [-0.2, 0) is 4.79 Å². The first-order valence-electron chi connectivity index (χ1n) is 6.52. The Balaban J connectivity index is 2.04. The third kappa shape index (κ3) is 2.68. The molecule has 1 aliphatic rings. The van der Waals surface area contributed by atoms with Crippen molar-refractivity contribution in [2.45, 2.75) is 38.6 Å². The highest BCUT2D eigenvalue weighted by atomic mass is 16.2. The Bertz CT molecular complexity index is 368. The van der Waals surface area contributed by atoms with E-state index in [0.29, 0.717) is 5.91 Å². The van der Waals surface area contributed by atoms with Crippen molar-refractivity contribution in [3.63, 3.8) is 0 Å². The van der Waals surface area contributed by atoms with Crippen molar-refractivity contribution in [1.82, 2.24) is 4.90 Å². The highest BCUT2D eigenvalue weighted by molar-refractivity contribution is 5.79. The molecule has 1 unspecified atom stereocenters. The lowest BCUT2D eigenvalue weighted by Crippen LogP contribution is -2.33. The van der Waals surface area contributed by atoms with Crippen molar-refractivity contribution >= 4 is 5.91 Å². The number of nitrogens with zero attached hydrogens (tertiary/aromatic N) is 1. The van der Waals surface area contributed by atoms with Gasteiger partial charge in [0.15, 0.2) is 0 Å². The summed E-state index contributed by atoms with van der Waals surface area (Å²) in [6.45, 7) is 2.10. The molecule has 0 radical (unpaired) electrons. The molecule has 1 atom stereocenters. The maximum Gasteiger partial charge on any atom is 0.225 e. The molecule has 0 aliphatic heterocycles. The predicted octanol–water partition coefficient (Wildman–Crippen LogP) is 3.40. The minimum atomic E-state index is 0.171. The molecule has 0 saturated heterocycles. The average Bonchev–Trinajstić information content (AvgIpc) is 2.91. The largest absolute Gasteiger partial charge is 0.339 e. The standard InChI is InChI=1S/C15H21NO/c1-12(13-8-4-3-5-9-13)16(2)15(17)14-10-6-7-11-14/h3-5,8-9,12,14H,6-7,10-11H2,1-2H3. The van der Waals surface area contributed by atoms with E-state index in [2.05, 4.69) is 19.1 Å². The van der Waals surface area contributed by atoms with E-state index in [0.717, 1.165) is 12.8 Å². The van der Waals surface area contributed by atoms with Crippen molar-refractivity contribution in [1.29, 1.82) is 0 Å². The topological polar surface area (TPSA) is 20.3 Å². The van der Waals surface area contributed by atoms with Crippen molar-refractivity contribution in [3.05, 3.63) is 35.9 Å². The second-order valence-electron chi connectivity index (χ2n) is 5.02. The number of rotatable bonds is 3. The van der Waals surface area contributed by atoms with Gasteiger partial charge in [-0.25, -0.2) is 0 Å². The van der Waals surface area contributed by atoms with Gasteiger partial charge in [-0.15, -0.1) is 0 Å². The molecule has 1 saturated carbocycles. The Morgan fingerprint density at radius 3 is 2.41 bits per heavy atom. The SMILES string of the molecule is CC(c1ccccc1)N(C)C(=O)C1CCCC1. The lowest BCUT2D eigenvalue weighted by Gasteiger charge is -2.27. The smallest absolute Gasteiger partial charge is 0.225 e. The first kappa shape index (κ1) is 12.2. The maximum atomic E-state index is 12.3. The van der Waals surface area contributed by atoms with Crippen LogP contribution in [0, 0.1) is 5.92 Å². The van der Waals surface area contributed by atoms with Crippen LogP contribution in [0.4, 0.5) is 0 Å². The Kier molecular flexibility index (Phi) is 3.82. The zero-order chi connectivity index (χ0) is 12.3. The monoisotopic (exact) mass is 231 g/mol. The molecule has 1 aliphatic carbocycles. The minimum absolute atomic E-state index is 0.171. The zero-order valence-corrected chi connectivity index (χ0v) is 10.7. The molecule has 1 aromatic rings. The zero-order valence-electron chi connectivity index (χ0n) is 10.7. The second-order valence-corrected chi connectivity index (χ2v) is 5.02. The Morgan fingerprint density at radius 2 is 1.82 bits per heavy atom. The van der Waals surface area contributed by atoms with Crippen molar-refractivity contribution < 1.29 is 4.79 Å². The summed E-state index contributed by atoms with van der Waals surface area (Å²) < 4.78 is 0. The summed E-state index contributed by atoms with van der Waals surface area (Å²) in [4.78, 5) is 14.2. The van der Waals surface area contributed by atoms with Gasteiger partial charge in [0.25, 0.3) is 0 Å². The first-order valence-corrected chi connectivity index (χ1v) is 6.52. The third-order valence-electron chi connectivity index (χ3n) is 3.91. The quantitative estimate of drug-likeness (QED) is 0.780. The number of amides is 1. The molecule has 2 nitrogen and oxygen atoms in total. The summed E-state index contributed by atoms with van der Waals surface area (Å²) in [5.41, 5.74) is 1.21. The van der Waals surface area contributed by atoms with Crippen molar-refractivity contribution in [2.75, 3.05) is 7.05 Å². The first-order chi connectivity index (χ1) is 8.20. The molecular weight excluding hydrogens is 210 g/mol. The number of carbonyl (C=O) groups excluding carboxylic acids is 1. The summed E-state index contributed by atoms with van der Waals surface area (Å²) in [6, 6.07) is 10.4. The van der Waals surface area contributed by atoms with E-state index in [4.69, 9.17) is 0 Å². The second kappa shape index (κ2) is 5.35. The minimum Gasteiger partial charge on any atom is -0.339 e.